The molecular weight excluding hydrogens is 476 g/mol. The number of nitrogens with two attached hydrogens (primary N) is 1. The molecule has 1 aliphatic carbocycles. The van der Waals surface area contributed by atoms with E-state index in [-0.39, 0.29) is 34.9 Å². The van der Waals surface area contributed by atoms with Crippen molar-refractivity contribution in [1.82, 2.24) is 9.97 Å². The van der Waals surface area contributed by atoms with Crippen LogP contribution in [0.3, 0.4) is 0 Å². The molecule has 1 saturated carbocycles. The number of aromatic nitrogens is 2. The van der Waals surface area contributed by atoms with Gasteiger partial charge in [-0.2, -0.15) is 0 Å². The normalized spacial score (nSPS) is 16.2. The minimum atomic E-state index is -4.18. The third kappa shape index (κ3) is 5.27. The summed E-state index contributed by atoms with van der Waals surface area (Å²) in [6.45, 7) is 1.84. The number of unbranched alkanes of at least 4 members (excludes halogenated alkanes) is 1. The molecule has 0 aliphatic heterocycles. The summed E-state index contributed by atoms with van der Waals surface area (Å²) in [5, 5.41) is 11.5. The van der Waals surface area contributed by atoms with E-state index < -0.39 is 20.7 Å². The SMILES string of the molecule is CCCCC1(c2ccc(CC(N)(c3cccc(NCC(=O)O)n3)S(=O)(=O)c3ccccn3)cc2)CC1. The summed E-state index contributed by atoms with van der Waals surface area (Å²) < 4.78 is 27.7. The Morgan fingerprint density at radius 2 is 1.86 bits per heavy atom. The largest absolute Gasteiger partial charge is 0.480 e. The molecule has 8 nitrogen and oxygen atoms in total. The Morgan fingerprint density at radius 1 is 1.11 bits per heavy atom. The van der Waals surface area contributed by atoms with Crippen molar-refractivity contribution in [3.05, 3.63) is 83.7 Å². The van der Waals surface area contributed by atoms with Crippen LogP contribution in [0.4, 0.5) is 5.82 Å². The molecule has 0 amide bonds. The molecule has 1 fully saturated rings. The van der Waals surface area contributed by atoms with Crippen LogP contribution in [0.1, 0.15) is 55.8 Å². The Bertz CT molecular complexity index is 1310. The number of hydrogen-bond donors (Lipinski definition) is 3. The minimum absolute atomic E-state index is 0.0243. The van der Waals surface area contributed by atoms with Gasteiger partial charge in [-0.1, -0.05) is 56.2 Å². The number of anilines is 1. The summed E-state index contributed by atoms with van der Waals surface area (Å²) in [6.07, 6.45) is 7.26. The second-order valence-corrected chi connectivity index (χ2v) is 11.6. The van der Waals surface area contributed by atoms with Crippen LogP contribution in [0.5, 0.6) is 0 Å². The Hall–Kier alpha value is -3.30. The van der Waals surface area contributed by atoms with Crippen LogP contribution in [0.25, 0.3) is 0 Å². The first-order chi connectivity index (χ1) is 17.2. The summed E-state index contributed by atoms with van der Waals surface area (Å²) >= 11 is 0. The lowest BCUT2D eigenvalue weighted by atomic mass is 9.89. The Kier molecular flexibility index (Phi) is 7.42. The minimum Gasteiger partial charge on any atom is -0.480 e. The van der Waals surface area contributed by atoms with Crippen LogP contribution < -0.4 is 11.1 Å². The zero-order chi connectivity index (χ0) is 25.8. The molecule has 1 unspecified atom stereocenters. The van der Waals surface area contributed by atoms with Gasteiger partial charge >= 0.3 is 5.97 Å². The summed E-state index contributed by atoms with van der Waals surface area (Å²) in [4.78, 5) is 17.5. The third-order valence-electron chi connectivity index (χ3n) is 6.89. The van der Waals surface area contributed by atoms with Gasteiger partial charge < -0.3 is 16.2 Å². The lowest BCUT2D eigenvalue weighted by Crippen LogP contribution is -2.47. The van der Waals surface area contributed by atoms with Crippen molar-refractivity contribution >= 4 is 21.6 Å². The fourth-order valence-electron chi connectivity index (χ4n) is 4.58. The van der Waals surface area contributed by atoms with Crippen LogP contribution in [0, 0.1) is 0 Å². The van der Waals surface area contributed by atoms with E-state index in [2.05, 4.69) is 34.3 Å². The molecule has 190 valence electrons. The average molecular weight is 509 g/mol. The first-order valence-corrected chi connectivity index (χ1v) is 13.7. The molecule has 9 heteroatoms. The molecule has 3 aromatic rings. The number of carbonyl (C=O) groups is 1. The molecule has 1 atom stereocenters. The third-order valence-corrected chi connectivity index (χ3v) is 9.00. The Morgan fingerprint density at radius 3 is 2.47 bits per heavy atom. The highest BCUT2D eigenvalue weighted by atomic mass is 32.2. The van der Waals surface area contributed by atoms with E-state index in [9.17, 15) is 13.2 Å². The van der Waals surface area contributed by atoms with E-state index in [0.717, 1.165) is 18.4 Å². The number of nitrogens with zero attached hydrogens (tertiary/aromatic N) is 2. The topological polar surface area (TPSA) is 135 Å². The van der Waals surface area contributed by atoms with E-state index in [4.69, 9.17) is 10.8 Å². The lowest BCUT2D eigenvalue weighted by molar-refractivity contribution is -0.134. The Labute approximate surface area is 211 Å². The van der Waals surface area contributed by atoms with Gasteiger partial charge in [-0.15, -0.1) is 0 Å². The van der Waals surface area contributed by atoms with E-state index in [1.54, 1.807) is 30.3 Å². The number of carboxylic acids is 1. The van der Waals surface area contributed by atoms with Crippen molar-refractivity contribution in [3.63, 3.8) is 0 Å². The molecule has 36 heavy (non-hydrogen) atoms. The monoisotopic (exact) mass is 508 g/mol. The molecule has 4 N–H and O–H groups in total. The number of nitrogens with one attached hydrogen (secondary N) is 1. The van der Waals surface area contributed by atoms with Gasteiger partial charge in [0.2, 0.25) is 9.84 Å². The van der Waals surface area contributed by atoms with Crippen molar-refractivity contribution < 1.29 is 18.3 Å². The summed E-state index contributed by atoms with van der Waals surface area (Å²) in [7, 11) is -4.18. The van der Waals surface area contributed by atoms with Crippen LogP contribution in [0.2, 0.25) is 0 Å². The molecule has 1 aromatic carbocycles. The predicted octanol–water partition coefficient (Wildman–Crippen LogP) is 4.02. The number of benzene rings is 1. The lowest BCUT2D eigenvalue weighted by Gasteiger charge is -2.29. The van der Waals surface area contributed by atoms with Gasteiger partial charge in [-0.25, -0.2) is 18.4 Å². The Balaban J connectivity index is 1.71. The van der Waals surface area contributed by atoms with Gasteiger partial charge in [-0.3, -0.25) is 4.79 Å². The zero-order valence-corrected chi connectivity index (χ0v) is 21.2. The highest BCUT2D eigenvalue weighted by molar-refractivity contribution is 7.92. The van der Waals surface area contributed by atoms with Gasteiger partial charge in [-0.05, 0) is 60.1 Å². The van der Waals surface area contributed by atoms with Gasteiger partial charge in [0.05, 0.1) is 5.69 Å². The second kappa shape index (κ2) is 10.4. The fraction of sp³-hybridized carbons (Fsp3) is 0.370. The molecule has 0 radical (unpaired) electrons. The zero-order valence-electron chi connectivity index (χ0n) is 20.4. The molecule has 2 heterocycles. The first kappa shape index (κ1) is 25.8. The summed E-state index contributed by atoms with van der Waals surface area (Å²) in [5.74, 6) is -0.835. The summed E-state index contributed by atoms with van der Waals surface area (Å²) in [5.41, 5.74) is 9.16. The molecule has 0 bridgehead atoms. The number of carboxylic acid groups (broad SMARTS) is 1. The van der Waals surface area contributed by atoms with Gasteiger partial charge in [0, 0.05) is 12.6 Å². The molecule has 0 saturated heterocycles. The standard InChI is InChI=1S/C27H32N4O4S/c1-2-3-14-26(15-16-26)21-12-10-20(11-13-21)18-27(28,36(34,35)24-9-4-5-17-29-24)22-7-6-8-23(31-22)30-19-25(32)33/h4-13,17H,2-3,14-16,18-19,28H2,1H3,(H,30,31)(H,32,33). The molecule has 0 spiro atoms. The van der Waals surface area contributed by atoms with Crippen molar-refractivity contribution in [2.75, 3.05) is 11.9 Å². The number of sulfone groups is 1. The number of rotatable bonds is 12. The van der Waals surface area contributed by atoms with Gasteiger partial charge in [0.1, 0.15) is 12.4 Å². The van der Waals surface area contributed by atoms with Crippen molar-refractivity contribution in [1.29, 1.82) is 0 Å². The van der Waals surface area contributed by atoms with Crippen LogP contribution >= 0.6 is 0 Å². The summed E-state index contributed by atoms with van der Waals surface area (Å²) in [6, 6.07) is 17.4. The van der Waals surface area contributed by atoms with E-state index in [1.807, 2.05) is 12.1 Å². The van der Waals surface area contributed by atoms with Crippen LogP contribution in [0.15, 0.2) is 71.9 Å². The molecule has 1 aliphatic rings. The van der Waals surface area contributed by atoms with Crippen molar-refractivity contribution in [2.24, 2.45) is 5.73 Å². The van der Waals surface area contributed by atoms with Gasteiger partial charge in [0.25, 0.3) is 0 Å². The second-order valence-electron chi connectivity index (χ2n) is 9.47. The number of hydrogen-bond acceptors (Lipinski definition) is 7. The predicted molar refractivity (Wildman–Crippen MR) is 138 cm³/mol. The number of pyridine rings is 2. The van der Waals surface area contributed by atoms with Crippen LogP contribution in [-0.2, 0) is 31.3 Å². The van der Waals surface area contributed by atoms with Gasteiger partial charge in [0.15, 0.2) is 9.90 Å². The average Bonchev–Trinajstić information content (AvgIpc) is 3.68. The maximum atomic E-state index is 13.8. The highest BCUT2D eigenvalue weighted by Gasteiger charge is 2.46. The highest BCUT2D eigenvalue weighted by Crippen LogP contribution is 2.52. The van der Waals surface area contributed by atoms with E-state index in [1.165, 1.54) is 37.1 Å². The quantitative estimate of drug-likeness (QED) is 0.334. The molecule has 4 rings (SSSR count). The van der Waals surface area contributed by atoms with Crippen LogP contribution in [-0.4, -0.2) is 36.0 Å². The van der Waals surface area contributed by atoms with Crippen molar-refractivity contribution in [3.8, 4) is 0 Å². The number of aliphatic carboxylic acids is 1. The molecule has 2 aromatic heterocycles. The maximum Gasteiger partial charge on any atom is 0.322 e. The molecular formula is C27H32N4O4S. The van der Waals surface area contributed by atoms with E-state index in [0.29, 0.717) is 0 Å². The smallest absolute Gasteiger partial charge is 0.322 e. The van der Waals surface area contributed by atoms with Crippen molar-refractivity contribution in [2.45, 2.75) is 60.8 Å². The maximum absolute atomic E-state index is 13.8. The fourth-order valence-corrected chi connectivity index (χ4v) is 6.16. The van der Waals surface area contributed by atoms with E-state index >= 15 is 0 Å². The first-order valence-electron chi connectivity index (χ1n) is 12.2.